The molecule has 0 saturated carbocycles. The molecule has 7 amide bonds. The van der Waals surface area contributed by atoms with Crippen LogP contribution in [0.5, 0.6) is 0 Å². The van der Waals surface area contributed by atoms with Crippen molar-refractivity contribution in [2.24, 2.45) is 27.9 Å². The number of hydrogen-bond donors (Lipinski definition) is 9. The number of nitrogens with one attached hydrogen (secondary N) is 5. The number of unbranched alkanes of at least 4 members (excludes halogenated alkanes) is 1. The highest BCUT2D eigenvalue weighted by Gasteiger charge is 2.42. The predicted molar refractivity (Wildman–Crippen MR) is 144 cm³/mol. The Morgan fingerprint density at radius 3 is 2.36 bits per heavy atom. The molecule has 0 radical (unpaired) electrons. The molecule has 13 N–H and O–H groups in total. The van der Waals surface area contributed by atoms with Crippen molar-refractivity contribution >= 4 is 53.3 Å². The van der Waals surface area contributed by atoms with Crippen LogP contribution in [0, 0.1) is 0 Å². The van der Waals surface area contributed by atoms with Gasteiger partial charge in [0.1, 0.15) is 12.1 Å². The SMILES string of the molecule is NC(=O)CC(NC(=O)CCCC[C@@H]1SC[C@@H]2NC(=O)N[C@@H]21)C(=O)NCC(=O)NC(CCCN=C(N)N)C(N)=O. The van der Waals surface area contributed by atoms with Gasteiger partial charge in [-0.15, -0.1) is 0 Å². The van der Waals surface area contributed by atoms with E-state index >= 15 is 0 Å². The van der Waals surface area contributed by atoms with Crippen LogP contribution in [0.2, 0.25) is 0 Å². The van der Waals surface area contributed by atoms with E-state index in [-0.39, 0.29) is 48.7 Å². The monoisotopic (exact) mass is 570 g/mol. The Morgan fingerprint density at radius 1 is 0.974 bits per heavy atom. The van der Waals surface area contributed by atoms with Crippen LogP contribution >= 0.6 is 11.8 Å². The largest absolute Gasteiger partial charge is 0.370 e. The van der Waals surface area contributed by atoms with Gasteiger partial charge in [-0.2, -0.15) is 11.8 Å². The Hall–Kier alpha value is -3.76. The number of thioether (sulfide) groups is 1. The first kappa shape index (κ1) is 31.5. The summed E-state index contributed by atoms with van der Waals surface area (Å²) in [5, 5.41) is 13.3. The highest BCUT2D eigenvalue weighted by Crippen LogP contribution is 2.33. The van der Waals surface area contributed by atoms with E-state index in [1.54, 1.807) is 11.8 Å². The zero-order valence-electron chi connectivity index (χ0n) is 21.6. The van der Waals surface area contributed by atoms with Gasteiger partial charge < -0.3 is 49.5 Å². The summed E-state index contributed by atoms with van der Waals surface area (Å²) in [4.78, 5) is 75.5. The molecule has 0 aromatic heterocycles. The van der Waals surface area contributed by atoms with Gasteiger partial charge in [-0.25, -0.2) is 4.79 Å². The van der Waals surface area contributed by atoms with E-state index in [4.69, 9.17) is 22.9 Å². The second-order valence-corrected chi connectivity index (χ2v) is 10.6. The van der Waals surface area contributed by atoms with Crippen molar-refractivity contribution in [3.63, 3.8) is 0 Å². The number of carbonyl (C=O) groups is 6. The van der Waals surface area contributed by atoms with Gasteiger partial charge >= 0.3 is 6.03 Å². The molecule has 0 aliphatic carbocycles. The maximum absolute atomic E-state index is 12.6. The maximum Gasteiger partial charge on any atom is 0.315 e. The summed E-state index contributed by atoms with van der Waals surface area (Å²) in [6.07, 6.45) is 2.33. The van der Waals surface area contributed by atoms with Crippen LogP contribution in [0.25, 0.3) is 0 Å². The molecule has 0 aromatic carbocycles. The van der Waals surface area contributed by atoms with Crippen molar-refractivity contribution in [3.05, 3.63) is 0 Å². The quantitative estimate of drug-likeness (QED) is 0.0358. The standard InChI is InChI=1S/C22H38N10O6S/c23-15(33)8-12(20(37)28-9-17(35)29-11(19(24)36)4-3-7-27-21(25)26)30-16(34)6-2-1-5-14-18-13(10-39-14)31-22(38)32-18/h11-14,18H,1-10H2,(H2,23,33)(H2,24,36)(H,28,37)(H,29,35)(H,30,34)(H4,25,26,27)(H2,31,32,38)/t11?,12?,13-,14-,18-/m0/s1. The van der Waals surface area contributed by atoms with Gasteiger partial charge in [0.25, 0.3) is 0 Å². The van der Waals surface area contributed by atoms with Crippen molar-refractivity contribution in [2.75, 3.05) is 18.8 Å². The third-order valence-electron chi connectivity index (χ3n) is 6.18. The molecule has 2 heterocycles. The zero-order valence-corrected chi connectivity index (χ0v) is 22.4. The lowest BCUT2D eigenvalue weighted by atomic mass is 10.0. The van der Waals surface area contributed by atoms with Gasteiger partial charge in [-0.1, -0.05) is 6.42 Å². The fraction of sp³-hybridized carbons (Fsp3) is 0.682. The first-order valence-corrected chi connectivity index (χ1v) is 13.7. The first-order valence-electron chi connectivity index (χ1n) is 12.6. The van der Waals surface area contributed by atoms with Crippen LogP contribution in [0.3, 0.4) is 0 Å². The second kappa shape index (κ2) is 15.6. The van der Waals surface area contributed by atoms with Crippen LogP contribution in [0.1, 0.15) is 44.9 Å². The fourth-order valence-corrected chi connectivity index (χ4v) is 5.82. The van der Waals surface area contributed by atoms with Crippen molar-refractivity contribution in [1.82, 2.24) is 26.6 Å². The van der Waals surface area contributed by atoms with Gasteiger partial charge in [0, 0.05) is 24.0 Å². The van der Waals surface area contributed by atoms with Crippen LogP contribution in [-0.4, -0.2) is 89.8 Å². The molecular weight excluding hydrogens is 532 g/mol. The molecule has 2 rings (SSSR count). The van der Waals surface area contributed by atoms with Gasteiger partial charge in [-0.05, 0) is 25.7 Å². The summed E-state index contributed by atoms with van der Waals surface area (Å²) in [5.41, 5.74) is 21.0. The third-order valence-corrected chi connectivity index (χ3v) is 7.69. The minimum absolute atomic E-state index is 0.0834. The number of rotatable bonds is 17. The molecule has 17 heteroatoms. The number of hydrogen-bond acceptors (Lipinski definition) is 8. The van der Waals surface area contributed by atoms with Gasteiger partial charge in [0.2, 0.25) is 29.5 Å². The molecular formula is C22H38N10O6S. The summed E-state index contributed by atoms with van der Waals surface area (Å²) in [6, 6.07) is -2.21. The Bertz CT molecular complexity index is 960. The molecule has 2 aliphatic heterocycles. The number of nitrogens with zero attached hydrogens (tertiary/aromatic N) is 1. The summed E-state index contributed by atoms with van der Waals surface area (Å²) in [5.74, 6) is -2.75. The molecule has 218 valence electrons. The number of amides is 7. The first-order chi connectivity index (χ1) is 18.5. The smallest absolute Gasteiger partial charge is 0.315 e. The number of nitrogens with two attached hydrogens (primary N) is 4. The summed E-state index contributed by atoms with van der Waals surface area (Å²) < 4.78 is 0. The van der Waals surface area contributed by atoms with E-state index in [1.807, 2.05) is 0 Å². The molecule has 5 atom stereocenters. The van der Waals surface area contributed by atoms with Crippen LogP contribution in [-0.2, 0) is 24.0 Å². The van der Waals surface area contributed by atoms with E-state index in [0.29, 0.717) is 12.8 Å². The van der Waals surface area contributed by atoms with Gasteiger partial charge in [-0.3, -0.25) is 29.0 Å². The lowest BCUT2D eigenvalue weighted by Crippen LogP contribution is -2.52. The third kappa shape index (κ3) is 11.3. The van der Waals surface area contributed by atoms with Crippen molar-refractivity contribution < 1.29 is 28.8 Å². The number of urea groups is 1. The highest BCUT2D eigenvalue weighted by molar-refractivity contribution is 8.00. The van der Waals surface area contributed by atoms with Crippen LogP contribution in [0.4, 0.5) is 4.79 Å². The van der Waals surface area contributed by atoms with Crippen molar-refractivity contribution in [2.45, 2.75) is 74.4 Å². The van der Waals surface area contributed by atoms with E-state index in [1.165, 1.54) is 0 Å². The molecule has 0 bridgehead atoms. The van der Waals surface area contributed by atoms with Crippen LogP contribution < -0.4 is 49.5 Å². The summed E-state index contributed by atoms with van der Waals surface area (Å²) >= 11 is 1.78. The lowest BCUT2D eigenvalue weighted by Gasteiger charge is -2.19. The number of fused-ring (bicyclic) bond motifs is 1. The number of primary amides is 2. The number of guanidine groups is 1. The molecule has 2 fully saturated rings. The van der Waals surface area contributed by atoms with E-state index < -0.39 is 54.6 Å². The summed E-state index contributed by atoms with van der Waals surface area (Å²) in [6.45, 7) is -0.280. The molecule has 2 aliphatic rings. The predicted octanol–water partition coefficient (Wildman–Crippen LogP) is -3.79. The normalized spacial score (nSPS) is 20.9. The molecule has 16 nitrogen and oxygen atoms in total. The average Bonchev–Trinajstić information content (AvgIpc) is 3.40. The zero-order chi connectivity index (χ0) is 28.9. The fourth-order valence-electron chi connectivity index (χ4n) is 4.28. The minimum Gasteiger partial charge on any atom is -0.370 e. The Morgan fingerprint density at radius 2 is 1.69 bits per heavy atom. The van der Waals surface area contributed by atoms with Crippen molar-refractivity contribution in [3.8, 4) is 0 Å². The van der Waals surface area contributed by atoms with Gasteiger partial charge in [0.15, 0.2) is 5.96 Å². The molecule has 0 spiro atoms. The summed E-state index contributed by atoms with van der Waals surface area (Å²) in [7, 11) is 0. The topological polar surface area (TPSA) is 279 Å². The van der Waals surface area contributed by atoms with E-state index in [9.17, 15) is 28.8 Å². The Labute approximate surface area is 229 Å². The molecule has 2 saturated heterocycles. The minimum atomic E-state index is -1.26. The number of aliphatic imine (C=N–C) groups is 1. The lowest BCUT2D eigenvalue weighted by molar-refractivity contribution is -0.132. The van der Waals surface area contributed by atoms with E-state index in [2.05, 4.69) is 31.6 Å². The van der Waals surface area contributed by atoms with Crippen LogP contribution in [0.15, 0.2) is 4.99 Å². The Balaban J connectivity index is 1.73. The maximum atomic E-state index is 12.6. The molecule has 39 heavy (non-hydrogen) atoms. The molecule has 0 aromatic rings. The average molecular weight is 571 g/mol. The van der Waals surface area contributed by atoms with Crippen molar-refractivity contribution in [1.29, 1.82) is 0 Å². The molecule has 2 unspecified atom stereocenters. The van der Waals surface area contributed by atoms with E-state index in [0.717, 1.165) is 18.6 Å². The second-order valence-electron chi connectivity index (χ2n) is 9.35. The Kier molecular flexibility index (Phi) is 12.6. The van der Waals surface area contributed by atoms with Gasteiger partial charge in [0.05, 0.1) is 25.0 Å². The number of carbonyl (C=O) groups excluding carboxylic acids is 6. The highest BCUT2D eigenvalue weighted by atomic mass is 32.2.